The molecule has 2 heteroatoms. The van der Waals surface area contributed by atoms with Gasteiger partial charge in [-0.2, -0.15) is 0 Å². The van der Waals surface area contributed by atoms with Crippen molar-refractivity contribution in [3.05, 3.63) is 29.7 Å². The van der Waals surface area contributed by atoms with E-state index in [4.69, 9.17) is 10.2 Å². The fourth-order valence-corrected chi connectivity index (χ4v) is 1.01. The Hall–Kier alpha value is -1.02. The van der Waals surface area contributed by atoms with Crippen LogP contribution in [0.2, 0.25) is 0 Å². The van der Waals surface area contributed by atoms with E-state index >= 15 is 0 Å². The van der Waals surface area contributed by atoms with Crippen LogP contribution in [0.5, 0.6) is 5.75 Å². The average Bonchev–Trinajstić information content (AvgIpc) is 2.15. The van der Waals surface area contributed by atoms with Crippen LogP contribution in [0.15, 0.2) is 24.2 Å². The lowest BCUT2D eigenvalue weighted by Crippen LogP contribution is -2.24. The second-order valence-corrected chi connectivity index (χ2v) is 2.50. The third-order valence-corrected chi connectivity index (χ3v) is 1.74. The fraction of sp³-hybridized carbons (Fsp3) is 0.333. The van der Waals surface area contributed by atoms with Gasteiger partial charge in [-0.3, -0.25) is 0 Å². The molecule has 0 amide bonds. The van der Waals surface area contributed by atoms with E-state index in [1.807, 2.05) is 0 Å². The first kappa shape index (κ1) is 3.59. The van der Waals surface area contributed by atoms with Crippen LogP contribution in [-0.2, 0) is 4.74 Å². The first-order chi connectivity index (χ1) is 7.04. The summed E-state index contributed by atoms with van der Waals surface area (Å²) in [5.74, 6) is -0.472. The van der Waals surface area contributed by atoms with Crippen molar-refractivity contribution in [2.75, 3.05) is 13.2 Å². The van der Waals surface area contributed by atoms with Crippen molar-refractivity contribution in [2.45, 2.75) is 5.92 Å². The molecule has 1 aromatic carbocycles. The second kappa shape index (κ2) is 2.55. The van der Waals surface area contributed by atoms with Crippen molar-refractivity contribution in [3.63, 3.8) is 0 Å². The summed E-state index contributed by atoms with van der Waals surface area (Å²) in [6.07, 6.45) is 0. The largest absolute Gasteiger partial charge is 0.508 e. The maximum Gasteiger partial charge on any atom is 0.119 e. The predicted molar refractivity (Wildman–Crippen MR) is 41.7 cm³/mol. The quantitative estimate of drug-likeness (QED) is 0.664. The summed E-state index contributed by atoms with van der Waals surface area (Å²) in [4.78, 5) is 0. The highest BCUT2D eigenvalue weighted by atomic mass is 16.5. The van der Waals surface area contributed by atoms with Gasteiger partial charge in [0.15, 0.2) is 0 Å². The Kier molecular flexibility index (Phi) is 0.831. The Labute approximate surface area is 71.0 Å². The minimum absolute atomic E-state index is 0.119. The van der Waals surface area contributed by atoms with Gasteiger partial charge in [0.2, 0.25) is 0 Å². The summed E-state index contributed by atoms with van der Waals surface area (Å²) in [7, 11) is 0. The molecule has 1 heterocycles. The highest BCUT2D eigenvalue weighted by Crippen LogP contribution is 2.30. The van der Waals surface area contributed by atoms with Gasteiger partial charge in [0.05, 0.1) is 18.7 Å². The van der Waals surface area contributed by atoms with Crippen LogP contribution < -0.4 is 0 Å². The zero-order valence-electron chi connectivity index (χ0n) is 9.85. The lowest BCUT2D eigenvalue weighted by atomic mass is 9.97. The first-order valence-electron chi connectivity index (χ1n) is 5.41. The highest BCUT2D eigenvalue weighted by molar-refractivity contribution is 5.35. The minimum Gasteiger partial charge on any atom is -0.508 e. The normalized spacial score (nSPS) is 22.9. The molecule has 1 fully saturated rings. The number of aromatic hydroxyl groups is 1. The third kappa shape index (κ3) is 1.10. The molecule has 58 valence electrons. The number of phenolic OH excluding ortho intramolecular Hbond substituents is 1. The van der Waals surface area contributed by atoms with Crippen LogP contribution in [0.3, 0.4) is 0 Å². The SMILES string of the molecule is [2H]c1c([2H])c([2H])c(C2COC2)c(O)c1[2H]. The van der Waals surface area contributed by atoms with Crippen LogP contribution in [0.4, 0.5) is 0 Å². The maximum absolute atomic E-state index is 9.65. The molecule has 1 aromatic rings. The van der Waals surface area contributed by atoms with E-state index in [-0.39, 0.29) is 35.4 Å². The summed E-state index contributed by atoms with van der Waals surface area (Å²) in [5.41, 5.74) is 0.271. The molecule has 0 aromatic heterocycles. The third-order valence-electron chi connectivity index (χ3n) is 1.74. The van der Waals surface area contributed by atoms with Crippen molar-refractivity contribution in [1.29, 1.82) is 0 Å². The zero-order valence-corrected chi connectivity index (χ0v) is 5.85. The molecule has 0 saturated carbocycles. The van der Waals surface area contributed by atoms with Crippen molar-refractivity contribution >= 4 is 0 Å². The monoisotopic (exact) mass is 154 g/mol. The van der Waals surface area contributed by atoms with Crippen molar-refractivity contribution < 1.29 is 15.3 Å². The summed E-state index contributed by atoms with van der Waals surface area (Å²) in [5, 5.41) is 9.65. The molecule has 11 heavy (non-hydrogen) atoms. The smallest absolute Gasteiger partial charge is 0.119 e. The standard InChI is InChI=1S/C9H10O2/c10-9-4-2-1-3-8(9)7-5-11-6-7/h1-4,7,10H,5-6H2/i1D,2D,3D,4D. The van der Waals surface area contributed by atoms with E-state index in [1.54, 1.807) is 0 Å². The van der Waals surface area contributed by atoms with Crippen LogP contribution >= 0.6 is 0 Å². The molecule has 0 aliphatic carbocycles. The molecule has 0 unspecified atom stereocenters. The topological polar surface area (TPSA) is 29.5 Å². The lowest BCUT2D eigenvalue weighted by molar-refractivity contribution is 0.00754. The van der Waals surface area contributed by atoms with Crippen molar-refractivity contribution in [1.82, 2.24) is 0 Å². The van der Waals surface area contributed by atoms with Gasteiger partial charge < -0.3 is 9.84 Å². The van der Waals surface area contributed by atoms with Gasteiger partial charge in [0.1, 0.15) is 5.75 Å². The molecular weight excluding hydrogens is 140 g/mol. The van der Waals surface area contributed by atoms with Crippen LogP contribution in [-0.4, -0.2) is 18.3 Å². The fourth-order valence-electron chi connectivity index (χ4n) is 1.01. The predicted octanol–water partition coefficient (Wildman–Crippen LogP) is 1.51. The van der Waals surface area contributed by atoms with Gasteiger partial charge in [0, 0.05) is 11.5 Å². The number of phenols is 1. The van der Waals surface area contributed by atoms with Gasteiger partial charge in [-0.15, -0.1) is 0 Å². The number of para-hydroxylation sites is 1. The molecule has 1 aliphatic heterocycles. The van der Waals surface area contributed by atoms with E-state index in [0.717, 1.165) is 0 Å². The van der Waals surface area contributed by atoms with Gasteiger partial charge in [-0.1, -0.05) is 18.1 Å². The number of rotatable bonds is 1. The number of ether oxygens (including phenoxy) is 1. The molecule has 1 aliphatic rings. The average molecular weight is 154 g/mol. The Bertz CT molecular complexity index is 386. The van der Waals surface area contributed by atoms with Crippen molar-refractivity contribution in [3.8, 4) is 5.75 Å². The number of hydrogen-bond acceptors (Lipinski definition) is 2. The van der Waals surface area contributed by atoms with Crippen LogP contribution in [0.1, 0.15) is 17.0 Å². The van der Waals surface area contributed by atoms with Gasteiger partial charge in [0.25, 0.3) is 0 Å². The minimum atomic E-state index is -0.401. The summed E-state index contributed by atoms with van der Waals surface area (Å²) in [6.45, 7) is 0.797. The first-order valence-corrected chi connectivity index (χ1v) is 3.41. The van der Waals surface area contributed by atoms with Crippen LogP contribution in [0, 0.1) is 0 Å². The summed E-state index contributed by atoms with van der Waals surface area (Å²) in [6, 6.07) is -1.25. The molecular formula is C9H10O2. The molecule has 0 bridgehead atoms. The van der Waals surface area contributed by atoms with Crippen molar-refractivity contribution in [2.24, 2.45) is 0 Å². The molecule has 2 rings (SSSR count). The summed E-state index contributed by atoms with van der Waals surface area (Å²) < 4.78 is 34.8. The number of benzene rings is 1. The lowest BCUT2D eigenvalue weighted by Gasteiger charge is -2.26. The number of hydrogen-bond donors (Lipinski definition) is 1. The molecule has 2 nitrogen and oxygen atoms in total. The molecule has 1 saturated heterocycles. The maximum atomic E-state index is 9.65. The second-order valence-electron chi connectivity index (χ2n) is 2.50. The highest BCUT2D eigenvalue weighted by Gasteiger charge is 2.22. The Morgan fingerprint density at radius 1 is 1.45 bits per heavy atom. The molecule has 0 atom stereocenters. The van der Waals surface area contributed by atoms with Gasteiger partial charge >= 0.3 is 0 Å². The van der Waals surface area contributed by atoms with E-state index in [1.165, 1.54) is 0 Å². The Morgan fingerprint density at radius 2 is 2.18 bits per heavy atom. The van der Waals surface area contributed by atoms with Gasteiger partial charge in [-0.05, 0) is 6.04 Å². The van der Waals surface area contributed by atoms with E-state index in [2.05, 4.69) is 0 Å². The summed E-state index contributed by atoms with van der Waals surface area (Å²) >= 11 is 0. The zero-order chi connectivity index (χ0) is 11.2. The van der Waals surface area contributed by atoms with E-state index < -0.39 is 6.04 Å². The van der Waals surface area contributed by atoms with E-state index in [9.17, 15) is 5.11 Å². The van der Waals surface area contributed by atoms with E-state index in [0.29, 0.717) is 13.2 Å². The Balaban J connectivity index is 2.62. The molecule has 0 radical (unpaired) electrons. The Morgan fingerprint density at radius 3 is 2.82 bits per heavy atom. The molecule has 0 spiro atoms. The molecule has 1 N–H and O–H groups in total. The van der Waals surface area contributed by atoms with Crippen LogP contribution in [0.25, 0.3) is 0 Å². The van der Waals surface area contributed by atoms with Gasteiger partial charge in [-0.25, -0.2) is 0 Å².